The molecule has 2 saturated carbocycles. The fraction of sp³-hybridized carbons (Fsp3) is 1.00. The normalized spacial score (nSPS) is 26.0. The van der Waals surface area contributed by atoms with E-state index in [9.17, 15) is 0 Å². The van der Waals surface area contributed by atoms with Crippen LogP contribution in [0.4, 0.5) is 0 Å². The van der Waals surface area contributed by atoms with Crippen molar-refractivity contribution in [2.24, 2.45) is 0 Å². The first-order valence-electron chi connectivity index (χ1n) is 6.96. The maximum Gasteiger partial charge on any atom is 0.0405 e. The van der Waals surface area contributed by atoms with E-state index in [1.54, 1.807) is 51.4 Å². The second-order valence-corrected chi connectivity index (χ2v) is 11.7. The van der Waals surface area contributed by atoms with E-state index in [0.717, 1.165) is 0 Å². The first-order chi connectivity index (χ1) is 7.42. The molecule has 0 N–H and O–H groups in total. The third kappa shape index (κ3) is 3.19. The average molecular weight is 238 g/mol. The summed E-state index contributed by atoms with van der Waals surface area (Å²) in [7, 11) is 1.36. The van der Waals surface area contributed by atoms with Gasteiger partial charge in [0.05, 0.1) is 0 Å². The van der Waals surface area contributed by atoms with Crippen molar-refractivity contribution in [2.75, 3.05) is 0 Å². The summed E-state index contributed by atoms with van der Waals surface area (Å²) in [5.41, 5.74) is 2.44. The lowest BCUT2D eigenvalue weighted by Gasteiger charge is -2.36. The molecule has 0 aromatic rings. The second-order valence-electron chi connectivity index (χ2n) is 5.38. The number of hydrogen-bond acceptors (Lipinski definition) is 0. The Hall–Kier alpha value is 0.434. The molecule has 85 valence electrons. The minimum absolute atomic E-state index is 0.0426. The molecule has 0 heterocycles. The smallest absolute Gasteiger partial charge is 0.0405 e. The van der Waals surface area contributed by atoms with Gasteiger partial charge in [-0.15, -0.1) is 0 Å². The van der Waals surface area contributed by atoms with E-state index in [4.69, 9.17) is 0 Å². The molecule has 2 fully saturated rings. The van der Waals surface area contributed by atoms with Crippen molar-refractivity contribution in [1.82, 2.24) is 0 Å². The molecule has 0 bridgehead atoms. The molecule has 2 aliphatic carbocycles. The minimum Gasteiger partial charge on any atom is -0.0756 e. The van der Waals surface area contributed by atoms with E-state index in [-0.39, 0.29) is 8.31 Å². The number of rotatable bonds is 3. The van der Waals surface area contributed by atoms with Gasteiger partial charge in [-0.05, 0) is 11.1 Å². The molecule has 0 spiro atoms. The molecule has 0 amide bonds. The van der Waals surface area contributed by atoms with Crippen LogP contribution in [0.15, 0.2) is 0 Å². The molecule has 3 radical (unpaired) electrons. The van der Waals surface area contributed by atoms with Crippen molar-refractivity contribution in [2.45, 2.75) is 81.8 Å². The topological polar surface area (TPSA) is 0 Å². The van der Waals surface area contributed by atoms with E-state index < -0.39 is 0 Å². The third-order valence-corrected chi connectivity index (χ3v) is 12.1. The predicted octanol–water partition coefficient (Wildman–Crippen LogP) is 4.40. The van der Waals surface area contributed by atoms with Crippen molar-refractivity contribution >= 4 is 17.4 Å². The fourth-order valence-corrected chi connectivity index (χ4v) is 11.3. The molecule has 0 nitrogen and oxygen atoms in total. The Morgan fingerprint density at radius 3 is 1.47 bits per heavy atom. The zero-order valence-corrected chi connectivity index (χ0v) is 12.2. The molecule has 2 aliphatic rings. The van der Waals surface area contributed by atoms with Crippen LogP contribution >= 0.6 is 0 Å². The van der Waals surface area contributed by atoms with Gasteiger partial charge in [-0.3, -0.25) is 0 Å². The molecule has 15 heavy (non-hydrogen) atoms. The maximum atomic E-state index is 2.51. The lowest BCUT2D eigenvalue weighted by Crippen LogP contribution is -2.34. The summed E-state index contributed by atoms with van der Waals surface area (Å²) in [5.74, 6) is 0. The van der Waals surface area contributed by atoms with E-state index >= 15 is 0 Å². The summed E-state index contributed by atoms with van der Waals surface area (Å²) in [6, 6.07) is 0. The van der Waals surface area contributed by atoms with Crippen LogP contribution in [0.25, 0.3) is 0 Å². The van der Waals surface area contributed by atoms with E-state index in [2.05, 4.69) is 6.55 Å². The number of hydrogen-bond donors (Lipinski definition) is 0. The van der Waals surface area contributed by atoms with Gasteiger partial charge in [0.25, 0.3) is 0 Å². The van der Waals surface area contributed by atoms with Crippen molar-refractivity contribution in [1.29, 1.82) is 0 Å². The molecule has 0 aromatic carbocycles. The summed E-state index contributed by atoms with van der Waals surface area (Å²) in [4.78, 5) is 0. The van der Waals surface area contributed by atoms with Crippen LogP contribution < -0.4 is 0 Å². The molecule has 0 aromatic heterocycles. The first-order valence-corrected chi connectivity index (χ1v) is 11.1. The highest BCUT2D eigenvalue weighted by Gasteiger charge is 2.31. The highest BCUT2D eigenvalue weighted by atomic mass is 29.2. The maximum absolute atomic E-state index is 2.51. The van der Waals surface area contributed by atoms with Crippen molar-refractivity contribution in [3.63, 3.8) is 0 Å². The van der Waals surface area contributed by atoms with E-state index in [0.29, 0.717) is 0 Å². The largest absolute Gasteiger partial charge is 0.0756 e. The Balaban J connectivity index is 1.88. The van der Waals surface area contributed by atoms with Crippen LogP contribution in [0.1, 0.15) is 64.2 Å². The van der Waals surface area contributed by atoms with Gasteiger partial charge >= 0.3 is 0 Å². The van der Waals surface area contributed by atoms with Crippen molar-refractivity contribution < 1.29 is 0 Å². The van der Waals surface area contributed by atoms with Gasteiger partial charge in [-0.2, -0.15) is 0 Å². The first kappa shape index (κ1) is 11.9. The Bertz CT molecular complexity index is 151. The second kappa shape index (κ2) is 6.24. The van der Waals surface area contributed by atoms with Gasteiger partial charge in [0.1, 0.15) is 0 Å². The molecular weight excluding hydrogens is 212 g/mol. The van der Waals surface area contributed by atoms with Crippen LogP contribution in [0, 0.1) is 0 Å². The summed E-state index contributed by atoms with van der Waals surface area (Å²) in [6.45, 7) is 2.51. The Morgan fingerprint density at radius 1 is 0.733 bits per heavy atom. The molecule has 0 unspecified atom stereocenters. The molecule has 0 saturated heterocycles. The van der Waals surface area contributed by atoms with Gasteiger partial charge in [-0.25, -0.2) is 0 Å². The highest BCUT2D eigenvalue weighted by molar-refractivity contribution is 7.13. The summed E-state index contributed by atoms with van der Waals surface area (Å²) >= 11 is 0. The Kier molecular flexibility index (Phi) is 4.95. The summed E-state index contributed by atoms with van der Waals surface area (Å²) < 4.78 is 0. The molecule has 0 aliphatic heterocycles. The van der Waals surface area contributed by atoms with Crippen LogP contribution in [0.5, 0.6) is 0 Å². The summed E-state index contributed by atoms with van der Waals surface area (Å²) in [5, 5.41) is 0. The zero-order chi connectivity index (χ0) is 10.5. The highest BCUT2D eigenvalue weighted by Crippen LogP contribution is 2.40. The average Bonchev–Trinajstić information content (AvgIpc) is 2.33. The lowest BCUT2D eigenvalue weighted by atomic mass is 9.99. The van der Waals surface area contributed by atoms with Gasteiger partial charge in [-0.1, -0.05) is 70.8 Å². The van der Waals surface area contributed by atoms with Crippen molar-refractivity contribution in [3.05, 3.63) is 0 Å². The molecule has 2 rings (SSSR count). The third-order valence-electron chi connectivity index (χ3n) is 4.38. The van der Waals surface area contributed by atoms with E-state index in [1.807, 2.05) is 0 Å². The molecular formula is C13H25Si2. The van der Waals surface area contributed by atoms with Crippen molar-refractivity contribution in [3.8, 4) is 0 Å². The quantitative estimate of drug-likeness (QED) is 0.638. The molecule has 0 atom stereocenters. The zero-order valence-electron chi connectivity index (χ0n) is 10.2. The standard InChI is InChI=1S/C13H25Si2/c1-14-15(12-8-4-2-5-9-12)13-10-6-3-7-11-13/h12-13H,2-11H2,1H3. The fourth-order valence-electron chi connectivity index (χ4n) is 3.57. The van der Waals surface area contributed by atoms with Crippen LogP contribution in [-0.4, -0.2) is 17.4 Å². The SMILES string of the molecule is C[Si][Si](C1CCCCC1)C1CCCCC1. The van der Waals surface area contributed by atoms with Gasteiger partial charge in [0.2, 0.25) is 0 Å². The monoisotopic (exact) mass is 237 g/mol. The van der Waals surface area contributed by atoms with Gasteiger partial charge in [0, 0.05) is 17.4 Å². The minimum atomic E-state index is 0.0426. The van der Waals surface area contributed by atoms with Crippen LogP contribution in [0.2, 0.25) is 17.6 Å². The molecule has 2 heteroatoms. The van der Waals surface area contributed by atoms with Gasteiger partial charge in [0.15, 0.2) is 0 Å². The Labute approximate surface area is 99.4 Å². The predicted molar refractivity (Wildman–Crippen MR) is 71.0 cm³/mol. The lowest BCUT2D eigenvalue weighted by molar-refractivity contribution is 0.467. The van der Waals surface area contributed by atoms with E-state index in [1.165, 1.54) is 33.0 Å². The van der Waals surface area contributed by atoms with Crippen LogP contribution in [-0.2, 0) is 0 Å². The van der Waals surface area contributed by atoms with Crippen LogP contribution in [0.3, 0.4) is 0 Å². The Morgan fingerprint density at radius 2 is 1.13 bits per heavy atom. The van der Waals surface area contributed by atoms with Gasteiger partial charge < -0.3 is 0 Å². The summed E-state index contributed by atoms with van der Waals surface area (Å²) in [6.07, 6.45) is 15.7.